The molecule has 0 radical (unpaired) electrons. The average molecular weight is 503 g/mol. The predicted octanol–water partition coefficient (Wildman–Crippen LogP) is 4.33. The van der Waals surface area contributed by atoms with Crippen molar-refractivity contribution in [2.75, 3.05) is 18.4 Å². The fourth-order valence-corrected chi connectivity index (χ4v) is 5.14. The molecule has 4 heterocycles. The molecule has 37 heavy (non-hydrogen) atoms. The number of aliphatic hydroxyl groups excluding tert-OH is 1. The van der Waals surface area contributed by atoms with Gasteiger partial charge in [0.2, 0.25) is 0 Å². The summed E-state index contributed by atoms with van der Waals surface area (Å²) in [5.74, 6) is 0.347. The first-order valence-electron chi connectivity index (χ1n) is 12.5. The highest BCUT2D eigenvalue weighted by Crippen LogP contribution is 2.34. The molecule has 8 nitrogen and oxygen atoms in total. The van der Waals surface area contributed by atoms with Gasteiger partial charge in [0, 0.05) is 43.4 Å². The third-order valence-corrected chi connectivity index (χ3v) is 7.14. The lowest BCUT2D eigenvalue weighted by Gasteiger charge is -2.36. The molecule has 1 fully saturated rings. The van der Waals surface area contributed by atoms with Gasteiger partial charge in [0.15, 0.2) is 0 Å². The van der Waals surface area contributed by atoms with Gasteiger partial charge in [-0.3, -0.25) is 9.20 Å². The molecule has 2 aliphatic heterocycles. The summed E-state index contributed by atoms with van der Waals surface area (Å²) in [4.78, 5) is 23.9. The molecule has 1 saturated heterocycles. The second-order valence-electron chi connectivity index (χ2n) is 9.60. The van der Waals surface area contributed by atoms with Gasteiger partial charge >= 0.3 is 0 Å². The fraction of sp³-hybridized carbons (Fsp3) is 0.321. The first-order chi connectivity index (χ1) is 17.9. The van der Waals surface area contributed by atoms with Crippen molar-refractivity contribution in [3.8, 4) is 11.3 Å². The molecular formula is C28H31FN6O2. The molecule has 5 rings (SSSR count). The van der Waals surface area contributed by atoms with E-state index in [1.807, 2.05) is 30.4 Å². The number of piperidine rings is 1. The van der Waals surface area contributed by atoms with E-state index in [1.165, 1.54) is 12.1 Å². The number of hydrogen-bond donors (Lipinski definition) is 3. The third-order valence-electron chi connectivity index (χ3n) is 7.14. The number of hydrogen-bond acceptors (Lipinski definition) is 5. The van der Waals surface area contributed by atoms with Crippen LogP contribution in [-0.2, 0) is 6.54 Å². The molecule has 1 aromatic carbocycles. The van der Waals surface area contributed by atoms with E-state index >= 15 is 0 Å². The number of nitrogens with zero attached hydrogens (tertiary/aromatic N) is 4. The van der Waals surface area contributed by atoms with Crippen molar-refractivity contribution in [2.45, 2.75) is 39.3 Å². The average Bonchev–Trinajstić information content (AvgIpc) is 3.48. The Labute approximate surface area is 215 Å². The van der Waals surface area contributed by atoms with Crippen LogP contribution in [0.4, 0.5) is 10.1 Å². The smallest absolute Gasteiger partial charge is 0.254 e. The highest BCUT2D eigenvalue weighted by Gasteiger charge is 2.27. The second-order valence-corrected chi connectivity index (χ2v) is 9.60. The Morgan fingerprint density at radius 3 is 3.03 bits per heavy atom. The maximum atomic E-state index is 13.6. The van der Waals surface area contributed by atoms with Crippen LogP contribution in [0.5, 0.6) is 0 Å². The number of halogens is 1. The minimum absolute atomic E-state index is 0.160. The van der Waals surface area contributed by atoms with E-state index in [0.717, 1.165) is 48.4 Å². The van der Waals surface area contributed by atoms with E-state index in [9.17, 15) is 14.3 Å². The van der Waals surface area contributed by atoms with Gasteiger partial charge in [-0.1, -0.05) is 12.6 Å². The molecule has 0 saturated carbocycles. The number of likely N-dealkylation sites (tertiary alicyclic amines) is 1. The van der Waals surface area contributed by atoms with Gasteiger partial charge in [0.1, 0.15) is 17.3 Å². The summed E-state index contributed by atoms with van der Waals surface area (Å²) in [7, 11) is 0. The van der Waals surface area contributed by atoms with Crippen molar-refractivity contribution in [3.63, 3.8) is 0 Å². The molecule has 0 spiro atoms. The number of amides is 1. The summed E-state index contributed by atoms with van der Waals surface area (Å²) in [6.45, 7) is 9.68. The number of rotatable bonds is 6. The first kappa shape index (κ1) is 24.7. The highest BCUT2D eigenvalue weighted by molar-refractivity contribution is 6.08. The number of allylic oxidation sites excluding steroid dienone is 1. The van der Waals surface area contributed by atoms with Gasteiger partial charge in [-0.2, -0.15) is 0 Å². The number of fused-ring (bicyclic) bond motifs is 2. The lowest BCUT2D eigenvalue weighted by molar-refractivity contribution is 0.0765. The van der Waals surface area contributed by atoms with Crippen LogP contribution in [0.2, 0.25) is 0 Å². The molecule has 2 aliphatic rings. The Bertz CT molecular complexity index is 1420. The number of imidazole rings is 1. The molecule has 3 aromatic rings. The number of aliphatic hydroxyl groups is 1. The van der Waals surface area contributed by atoms with Crippen LogP contribution in [0.1, 0.15) is 42.6 Å². The predicted molar refractivity (Wildman–Crippen MR) is 143 cm³/mol. The van der Waals surface area contributed by atoms with Crippen LogP contribution in [0.15, 0.2) is 66.2 Å². The van der Waals surface area contributed by atoms with Gasteiger partial charge in [-0.25, -0.2) is 14.4 Å². The van der Waals surface area contributed by atoms with E-state index in [0.29, 0.717) is 29.3 Å². The summed E-state index contributed by atoms with van der Waals surface area (Å²) in [6.07, 6.45) is 8.56. The lowest BCUT2D eigenvalue weighted by atomic mass is 9.93. The van der Waals surface area contributed by atoms with Gasteiger partial charge < -0.3 is 20.6 Å². The van der Waals surface area contributed by atoms with Crippen LogP contribution >= 0.6 is 0 Å². The lowest BCUT2D eigenvalue weighted by Crippen LogP contribution is -2.38. The molecule has 192 valence electrons. The second kappa shape index (κ2) is 10.2. The Hall–Kier alpha value is -3.98. The zero-order valence-corrected chi connectivity index (χ0v) is 21.0. The fourth-order valence-electron chi connectivity index (χ4n) is 5.14. The number of aliphatic imine (C=N–C) groups is 1. The van der Waals surface area contributed by atoms with Crippen LogP contribution in [0.25, 0.3) is 16.9 Å². The summed E-state index contributed by atoms with van der Waals surface area (Å²) >= 11 is 0. The number of carbonyl (C=O) groups excluding carboxylic acids is 1. The van der Waals surface area contributed by atoms with Crippen molar-refractivity contribution in [1.82, 2.24) is 19.6 Å². The van der Waals surface area contributed by atoms with Crippen molar-refractivity contribution in [1.29, 1.82) is 0 Å². The van der Waals surface area contributed by atoms with Crippen LogP contribution in [0.3, 0.4) is 0 Å². The third kappa shape index (κ3) is 4.86. The Morgan fingerprint density at radius 2 is 2.24 bits per heavy atom. The number of amidine groups is 1. The number of aromatic nitrogens is 2. The molecule has 0 aliphatic carbocycles. The number of nitrogens with one attached hydrogen (secondary N) is 2. The molecular weight excluding hydrogens is 471 g/mol. The molecule has 0 bridgehead atoms. The molecule has 1 amide bonds. The van der Waals surface area contributed by atoms with Gasteiger partial charge in [0.05, 0.1) is 41.1 Å². The highest BCUT2D eigenvalue weighted by atomic mass is 19.1. The molecule has 9 heteroatoms. The summed E-state index contributed by atoms with van der Waals surface area (Å²) < 4.78 is 15.4. The van der Waals surface area contributed by atoms with E-state index in [1.54, 1.807) is 24.7 Å². The SMILES string of the molecule is C=C/C(=C\N=C(/C)Nc1ccc(-c2cnc3cc(F)ccn23)c2c1C(=O)NC2)N1CCC[C@@H]([C@H](C)O)C1. The van der Waals surface area contributed by atoms with Gasteiger partial charge in [-0.05, 0) is 50.5 Å². The number of carbonyl (C=O) groups is 1. The van der Waals surface area contributed by atoms with Crippen molar-refractivity contribution >= 4 is 23.1 Å². The maximum absolute atomic E-state index is 13.6. The summed E-state index contributed by atoms with van der Waals surface area (Å²) in [6, 6.07) is 6.56. The zero-order chi connectivity index (χ0) is 26.1. The molecule has 2 aromatic heterocycles. The number of benzene rings is 1. The summed E-state index contributed by atoms with van der Waals surface area (Å²) in [5.41, 5.74) is 5.13. The van der Waals surface area contributed by atoms with Gasteiger partial charge in [0.25, 0.3) is 5.91 Å². The molecule has 0 unspecified atom stereocenters. The van der Waals surface area contributed by atoms with Crippen LogP contribution in [0, 0.1) is 11.7 Å². The van der Waals surface area contributed by atoms with E-state index < -0.39 is 0 Å². The van der Waals surface area contributed by atoms with Crippen molar-refractivity contribution in [2.24, 2.45) is 10.9 Å². The van der Waals surface area contributed by atoms with Crippen LogP contribution in [-0.4, -0.2) is 50.3 Å². The minimum Gasteiger partial charge on any atom is -0.393 e. The largest absolute Gasteiger partial charge is 0.393 e. The van der Waals surface area contributed by atoms with Crippen LogP contribution < -0.4 is 10.6 Å². The zero-order valence-electron chi connectivity index (χ0n) is 21.0. The number of anilines is 1. The van der Waals surface area contributed by atoms with E-state index in [2.05, 4.69) is 32.1 Å². The van der Waals surface area contributed by atoms with E-state index in [4.69, 9.17) is 0 Å². The Kier molecular flexibility index (Phi) is 6.80. The quantitative estimate of drug-likeness (QED) is 0.265. The Morgan fingerprint density at radius 1 is 1.41 bits per heavy atom. The van der Waals surface area contributed by atoms with E-state index in [-0.39, 0.29) is 23.7 Å². The van der Waals surface area contributed by atoms with Crippen molar-refractivity contribution in [3.05, 3.63) is 78.2 Å². The molecule has 3 N–H and O–H groups in total. The topological polar surface area (TPSA) is 94.3 Å². The standard InChI is InChI=1S/C28H31FN6O2/c1-4-21(34-10-5-6-19(16-34)17(2)36)13-30-18(3)33-24-8-7-22(23-14-32-28(37)27(23)24)25-15-31-26-12-20(29)9-11-35(25)26/h4,7-9,11-13,15,17,19,36H,1,5-6,10,14,16H2,2-3H3,(H,30,33)(H,32,37)/b21-13+/t17-,19+/m0/s1. The van der Waals surface area contributed by atoms with Gasteiger partial charge in [-0.15, -0.1) is 0 Å². The minimum atomic E-state index is -0.349. The number of pyridine rings is 1. The normalized spacial score (nSPS) is 19.1. The van der Waals surface area contributed by atoms with Crippen molar-refractivity contribution < 1.29 is 14.3 Å². The summed E-state index contributed by atoms with van der Waals surface area (Å²) in [5, 5.41) is 16.2. The maximum Gasteiger partial charge on any atom is 0.254 e. The molecule has 2 atom stereocenters. The Balaban J connectivity index is 1.41. The first-order valence-corrected chi connectivity index (χ1v) is 12.5. The monoisotopic (exact) mass is 502 g/mol.